The van der Waals surface area contributed by atoms with Gasteiger partial charge in [0, 0.05) is 75.3 Å². The van der Waals surface area contributed by atoms with Gasteiger partial charge >= 0.3 is 0 Å². The van der Waals surface area contributed by atoms with Crippen LogP contribution in [-0.4, -0.2) is 94.7 Å². The third kappa shape index (κ3) is 4.40. The van der Waals surface area contributed by atoms with Gasteiger partial charge in [0.25, 0.3) is 5.91 Å². The number of rotatable bonds is 5. The van der Waals surface area contributed by atoms with E-state index in [4.69, 9.17) is 5.10 Å². The van der Waals surface area contributed by atoms with Gasteiger partial charge in [0.1, 0.15) is 6.54 Å². The molecule has 1 saturated carbocycles. The molecule has 2 aliphatic heterocycles. The number of hydrogen-bond acceptors (Lipinski definition) is 5. The summed E-state index contributed by atoms with van der Waals surface area (Å²) in [5.74, 6) is 0.154. The fourth-order valence-corrected chi connectivity index (χ4v) is 6.19. The van der Waals surface area contributed by atoms with E-state index < -0.39 is 0 Å². The Kier molecular flexibility index (Phi) is 6.23. The van der Waals surface area contributed by atoms with Crippen molar-refractivity contribution in [3.8, 4) is 0 Å². The zero-order valence-corrected chi connectivity index (χ0v) is 21.7. The van der Waals surface area contributed by atoms with E-state index in [1.807, 2.05) is 14.5 Å². The Morgan fingerprint density at radius 1 is 0.917 bits per heavy atom. The van der Waals surface area contributed by atoms with Gasteiger partial charge in [0.05, 0.1) is 0 Å². The minimum atomic E-state index is 0.0527. The number of nitrogens with zero attached hydrogens (tertiary/aromatic N) is 6. The highest BCUT2D eigenvalue weighted by molar-refractivity contribution is 5.94. The van der Waals surface area contributed by atoms with Crippen LogP contribution >= 0.6 is 0 Å². The molecule has 4 aliphatic rings. The Hall–Kier alpha value is -2.87. The molecule has 2 amide bonds. The second kappa shape index (κ2) is 9.54. The van der Waals surface area contributed by atoms with Gasteiger partial charge < -0.3 is 14.7 Å². The number of aryl methyl sites for hydroxylation is 1. The van der Waals surface area contributed by atoms with Crippen molar-refractivity contribution in [2.75, 3.05) is 57.3 Å². The molecule has 2 saturated heterocycles. The number of piperazine rings is 2. The van der Waals surface area contributed by atoms with Crippen molar-refractivity contribution in [2.24, 2.45) is 0 Å². The number of benzene rings is 1. The van der Waals surface area contributed by atoms with Gasteiger partial charge in [-0.05, 0) is 63.1 Å². The van der Waals surface area contributed by atoms with Crippen molar-refractivity contribution >= 4 is 17.5 Å². The van der Waals surface area contributed by atoms with Gasteiger partial charge in [-0.3, -0.25) is 19.2 Å². The molecule has 3 fully saturated rings. The highest BCUT2D eigenvalue weighted by atomic mass is 16.2. The summed E-state index contributed by atoms with van der Waals surface area (Å²) in [7, 11) is 0. The van der Waals surface area contributed by atoms with E-state index in [0.29, 0.717) is 18.8 Å². The molecule has 0 unspecified atom stereocenters. The normalized spacial score (nSPS) is 20.7. The van der Waals surface area contributed by atoms with Crippen molar-refractivity contribution in [1.29, 1.82) is 0 Å². The van der Waals surface area contributed by atoms with Crippen LogP contribution in [0.2, 0.25) is 0 Å². The second-order valence-electron chi connectivity index (χ2n) is 10.9. The lowest BCUT2D eigenvalue weighted by Gasteiger charge is -2.37. The summed E-state index contributed by atoms with van der Waals surface area (Å²) in [6.45, 7) is 11.1. The molecule has 2 aliphatic carbocycles. The lowest BCUT2D eigenvalue weighted by Crippen LogP contribution is -2.50. The first-order chi connectivity index (χ1) is 17.5. The average Bonchev–Trinajstić information content (AvgIpc) is 3.54. The predicted octanol–water partition coefficient (Wildman–Crippen LogP) is 2.26. The minimum Gasteiger partial charge on any atom is -0.368 e. The van der Waals surface area contributed by atoms with Crippen LogP contribution in [0, 0.1) is 13.8 Å². The molecule has 1 aromatic heterocycles. The number of carbonyl (C=O) groups excluding carboxylic acids is 2. The third-order valence-corrected chi connectivity index (χ3v) is 8.71. The van der Waals surface area contributed by atoms with Gasteiger partial charge in [0.2, 0.25) is 5.91 Å². The summed E-state index contributed by atoms with van der Waals surface area (Å²) in [5, 5.41) is 4.75. The number of hydrogen-bond donors (Lipinski definition) is 0. The van der Waals surface area contributed by atoms with Crippen molar-refractivity contribution in [3.63, 3.8) is 0 Å². The van der Waals surface area contributed by atoms with E-state index in [9.17, 15) is 9.59 Å². The first kappa shape index (κ1) is 23.5. The molecule has 0 spiro atoms. The van der Waals surface area contributed by atoms with Gasteiger partial charge in [-0.2, -0.15) is 5.10 Å². The van der Waals surface area contributed by atoms with Crippen LogP contribution in [0.3, 0.4) is 0 Å². The molecule has 2 aromatic rings. The molecule has 36 heavy (non-hydrogen) atoms. The Labute approximate surface area is 213 Å². The minimum absolute atomic E-state index is 0.0527. The van der Waals surface area contributed by atoms with Crippen molar-refractivity contribution in [3.05, 3.63) is 46.3 Å². The molecule has 0 N–H and O–H groups in total. The average molecular weight is 491 g/mol. The first-order valence-electron chi connectivity index (χ1n) is 13.7. The Bertz CT molecular complexity index is 1150. The topological polar surface area (TPSA) is 64.9 Å². The fourth-order valence-electron chi connectivity index (χ4n) is 6.19. The number of amides is 2. The Morgan fingerprint density at radius 3 is 2.36 bits per heavy atom. The SMILES string of the molecule is Cc1cccc(N2CCN(C(=O)Cn3nc(C(=O)N4CCN(C5CC5)CC4)c4c3CCC4)CC2)c1C. The maximum absolute atomic E-state index is 13.4. The summed E-state index contributed by atoms with van der Waals surface area (Å²) in [6, 6.07) is 7.18. The molecule has 0 bridgehead atoms. The molecule has 3 heterocycles. The molecule has 1 aromatic carbocycles. The Balaban J connectivity index is 1.10. The van der Waals surface area contributed by atoms with Crippen LogP contribution in [0.1, 0.15) is 52.1 Å². The van der Waals surface area contributed by atoms with E-state index in [-0.39, 0.29) is 18.4 Å². The Morgan fingerprint density at radius 2 is 1.64 bits per heavy atom. The summed E-state index contributed by atoms with van der Waals surface area (Å²) >= 11 is 0. The van der Waals surface area contributed by atoms with Crippen LogP contribution in [0.25, 0.3) is 0 Å². The van der Waals surface area contributed by atoms with E-state index >= 15 is 0 Å². The highest BCUT2D eigenvalue weighted by Gasteiger charge is 2.35. The molecule has 0 atom stereocenters. The third-order valence-electron chi connectivity index (χ3n) is 8.71. The molecule has 8 nitrogen and oxygen atoms in total. The molecular formula is C28H38N6O2. The zero-order valence-electron chi connectivity index (χ0n) is 21.7. The molecular weight excluding hydrogens is 452 g/mol. The van der Waals surface area contributed by atoms with Crippen molar-refractivity contribution in [2.45, 2.75) is 58.5 Å². The van der Waals surface area contributed by atoms with Gasteiger partial charge in [-0.1, -0.05) is 12.1 Å². The lowest BCUT2D eigenvalue weighted by molar-refractivity contribution is -0.132. The molecule has 0 radical (unpaired) electrons. The summed E-state index contributed by atoms with van der Waals surface area (Å²) < 4.78 is 1.84. The van der Waals surface area contributed by atoms with E-state index in [1.165, 1.54) is 29.7 Å². The molecule has 8 heteroatoms. The van der Waals surface area contributed by atoms with Crippen molar-refractivity contribution in [1.82, 2.24) is 24.5 Å². The fraction of sp³-hybridized carbons (Fsp3) is 0.607. The smallest absolute Gasteiger partial charge is 0.274 e. The number of aromatic nitrogens is 2. The predicted molar refractivity (Wildman–Crippen MR) is 139 cm³/mol. The van der Waals surface area contributed by atoms with E-state index in [0.717, 1.165) is 75.8 Å². The van der Waals surface area contributed by atoms with Gasteiger partial charge in [0.15, 0.2) is 5.69 Å². The van der Waals surface area contributed by atoms with E-state index in [1.54, 1.807) is 0 Å². The number of carbonyl (C=O) groups is 2. The summed E-state index contributed by atoms with van der Waals surface area (Å²) in [6.07, 6.45) is 5.44. The largest absolute Gasteiger partial charge is 0.368 e. The van der Waals surface area contributed by atoms with Crippen LogP contribution in [-0.2, 0) is 24.2 Å². The maximum atomic E-state index is 13.4. The van der Waals surface area contributed by atoms with Crippen LogP contribution in [0.4, 0.5) is 5.69 Å². The first-order valence-corrected chi connectivity index (χ1v) is 13.7. The van der Waals surface area contributed by atoms with Crippen LogP contribution < -0.4 is 4.90 Å². The van der Waals surface area contributed by atoms with Crippen molar-refractivity contribution < 1.29 is 9.59 Å². The highest BCUT2D eigenvalue weighted by Crippen LogP contribution is 2.30. The quantitative estimate of drug-likeness (QED) is 0.643. The maximum Gasteiger partial charge on any atom is 0.274 e. The van der Waals surface area contributed by atoms with E-state index in [2.05, 4.69) is 41.8 Å². The second-order valence-corrected chi connectivity index (χ2v) is 10.9. The van der Waals surface area contributed by atoms with Gasteiger partial charge in [-0.15, -0.1) is 0 Å². The summed E-state index contributed by atoms with van der Waals surface area (Å²) in [5.41, 5.74) is 6.65. The van der Waals surface area contributed by atoms with Crippen LogP contribution in [0.5, 0.6) is 0 Å². The monoisotopic (exact) mass is 490 g/mol. The zero-order chi connectivity index (χ0) is 24.8. The van der Waals surface area contributed by atoms with Crippen LogP contribution in [0.15, 0.2) is 18.2 Å². The standard InChI is InChI=1S/C28H38N6O2/c1-20-5-3-7-24(21(20)2)31-13-15-32(16-14-31)26(35)19-34-25-8-4-6-23(25)27(29-34)28(36)33-17-11-30(12-18-33)22-9-10-22/h3,5,7,22H,4,6,8-19H2,1-2H3. The molecule has 6 rings (SSSR count). The molecule has 192 valence electrons. The number of fused-ring (bicyclic) bond motifs is 1. The van der Waals surface area contributed by atoms with Gasteiger partial charge in [-0.25, -0.2) is 0 Å². The number of anilines is 1. The lowest BCUT2D eigenvalue weighted by atomic mass is 10.1. The summed E-state index contributed by atoms with van der Waals surface area (Å²) in [4.78, 5) is 35.5.